The van der Waals surface area contributed by atoms with Gasteiger partial charge in [0.15, 0.2) is 0 Å². The third-order valence-electron chi connectivity index (χ3n) is 3.62. The van der Waals surface area contributed by atoms with E-state index < -0.39 is 5.60 Å². The Morgan fingerprint density at radius 1 is 1.35 bits per heavy atom. The van der Waals surface area contributed by atoms with Crippen molar-refractivity contribution in [1.29, 1.82) is 0 Å². The molecule has 17 heavy (non-hydrogen) atoms. The molecule has 4 heteroatoms. The molecule has 1 amide bonds. The molecule has 3 N–H and O–H groups in total. The first-order valence-electron chi connectivity index (χ1n) is 6.78. The predicted molar refractivity (Wildman–Crippen MR) is 68.8 cm³/mol. The summed E-state index contributed by atoms with van der Waals surface area (Å²) in [5.74, 6) is -0.0238. The molecular formula is C13H26N2O2. The second-order valence-corrected chi connectivity index (χ2v) is 5.25. The van der Waals surface area contributed by atoms with Crippen LogP contribution in [-0.2, 0) is 4.79 Å². The summed E-state index contributed by atoms with van der Waals surface area (Å²) in [7, 11) is 0. The van der Waals surface area contributed by atoms with Gasteiger partial charge in [0.2, 0.25) is 5.91 Å². The van der Waals surface area contributed by atoms with E-state index in [0.717, 1.165) is 32.1 Å². The molecule has 0 aromatic heterocycles. The fraction of sp³-hybridized carbons (Fsp3) is 0.923. The zero-order valence-corrected chi connectivity index (χ0v) is 11.1. The highest BCUT2D eigenvalue weighted by molar-refractivity contribution is 5.78. The topological polar surface area (TPSA) is 61.4 Å². The monoisotopic (exact) mass is 242 g/mol. The number of amides is 1. The average Bonchev–Trinajstić information content (AvgIpc) is 2.34. The van der Waals surface area contributed by atoms with Gasteiger partial charge in [-0.3, -0.25) is 4.79 Å². The summed E-state index contributed by atoms with van der Waals surface area (Å²) in [5.41, 5.74) is -0.662. The van der Waals surface area contributed by atoms with Crippen LogP contribution in [0.25, 0.3) is 0 Å². The average molecular weight is 242 g/mol. The van der Waals surface area contributed by atoms with Crippen molar-refractivity contribution in [3.63, 3.8) is 0 Å². The highest BCUT2D eigenvalue weighted by Gasteiger charge is 2.29. The van der Waals surface area contributed by atoms with Gasteiger partial charge in [0.05, 0.1) is 12.1 Å². The summed E-state index contributed by atoms with van der Waals surface area (Å²) in [6.45, 7) is 4.88. The molecule has 1 rings (SSSR count). The van der Waals surface area contributed by atoms with E-state index in [1.54, 1.807) is 0 Å². The quantitative estimate of drug-likeness (QED) is 0.655. The standard InChI is InChI=1S/C13H26N2O2/c1-3-11(2)14-9-12(16)15-10-13(17)7-5-4-6-8-13/h11,14,17H,3-10H2,1-2H3,(H,15,16). The highest BCUT2D eigenvalue weighted by atomic mass is 16.3. The Labute approximate surface area is 104 Å². The Morgan fingerprint density at radius 2 is 2.00 bits per heavy atom. The summed E-state index contributed by atoms with van der Waals surface area (Å²) in [6.07, 6.45) is 5.97. The molecule has 1 saturated carbocycles. The van der Waals surface area contributed by atoms with Gasteiger partial charge in [0.25, 0.3) is 0 Å². The number of rotatable bonds is 6. The van der Waals surface area contributed by atoms with E-state index >= 15 is 0 Å². The van der Waals surface area contributed by atoms with Crippen LogP contribution in [-0.4, -0.2) is 35.7 Å². The zero-order valence-electron chi connectivity index (χ0n) is 11.1. The molecule has 0 aromatic rings. The number of aliphatic hydroxyl groups is 1. The molecule has 0 spiro atoms. The van der Waals surface area contributed by atoms with Crippen LogP contribution in [0.4, 0.5) is 0 Å². The Kier molecular flexibility index (Phi) is 5.92. The van der Waals surface area contributed by atoms with E-state index in [1.807, 2.05) is 0 Å². The minimum atomic E-state index is -0.662. The van der Waals surface area contributed by atoms with Crippen molar-refractivity contribution in [2.24, 2.45) is 0 Å². The van der Waals surface area contributed by atoms with E-state index in [1.165, 1.54) is 6.42 Å². The van der Waals surface area contributed by atoms with Crippen LogP contribution in [0.3, 0.4) is 0 Å². The van der Waals surface area contributed by atoms with Crippen molar-refractivity contribution in [3.8, 4) is 0 Å². The van der Waals surface area contributed by atoms with Crippen LogP contribution in [0.2, 0.25) is 0 Å². The Hall–Kier alpha value is -0.610. The van der Waals surface area contributed by atoms with E-state index in [9.17, 15) is 9.90 Å². The summed E-state index contributed by atoms with van der Waals surface area (Å²) in [6, 6.07) is 0.360. The summed E-state index contributed by atoms with van der Waals surface area (Å²) in [4.78, 5) is 11.6. The first kappa shape index (κ1) is 14.5. The molecule has 0 bridgehead atoms. The van der Waals surface area contributed by atoms with Crippen molar-refractivity contribution in [2.75, 3.05) is 13.1 Å². The fourth-order valence-corrected chi connectivity index (χ4v) is 2.12. The van der Waals surface area contributed by atoms with E-state index in [0.29, 0.717) is 19.1 Å². The number of hydrogen-bond acceptors (Lipinski definition) is 3. The van der Waals surface area contributed by atoms with Gasteiger partial charge in [-0.1, -0.05) is 26.2 Å². The molecule has 1 atom stereocenters. The minimum Gasteiger partial charge on any atom is -0.388 e. The van der Waals surface area contributed by atoms with Crippen molar-refractivity contribution in [1.82, 2.24) is 10.6 Å². The van der Waals surface area contributed by atoms with Crippen LogP contribution in [0, 0.1) is 0 Å². The number of nitrogens with one attached hydrogen (secondary N) is 2. The van der Waals surface area contributed by atoms with Crippen LogP contribution in [0.1, 0.15) is 52.4 Å². The Balaban J connectivity index is 2.18. The molecule has 4 nitrogen and oxygen atoms in total. The van der Waals surface area contributed by atoms with Crippen molar-refractivity contribution < 1.29 is 9.90 Å². The highest BCUT2D eigenvalue weighted by Crippen LogP contribution is 2.27. The normalized spacial score (nSPS) is 20.9. The molecule has 0 aliphatic heterocycles. The van der Waals surface area contributed by atoms with E-state index in [-0.39, 0.29) is 5.91 Å². The van der Waals surface area contributed by atoms with Crippen LogP contribution >= 0.6 is 0 Å². The molecular weight excluding hydrogens is 216 g/mol. The third-order valence-corrected chi connectivity index (χ3v) is 3.62. The second kappa shape index (κ2) is 6.97. The maximum absolute atomic E-state index is 11.6. The minimum absolute atomic E-state index is 0.0238. The molecule has 1 fully saturated rings. The number of carbonyl (C=O) groups excluding carboxylic acids is 1. The summed E-state index contributed by atoms with van der Waals surface area (Å²) < 4.78 is 0. The molecule has 1 aliphatic rings. The first-order valence-corrected chi connectivity index (χ1v) is 6.78. The van der Waals surface area contributed by atoms with Gasteiger partial charge < -0.3 is 15.7 Å². The van der Waals surface area contributed by atoms with Gasteiger partial charge in [-0.25, -0.2) is 0 Å². The Morgan fingerprint density at radius 3 is 2.59 bits per heavy atom. The van der Waals surface area contributed by atoms with Gasteiger partial charge in [-0.2, -0.15) is 0 Å². The van der Waals surface area contributed by atoms with Crippen LogP contribution < -0.4 is 10.6 Å². The lowest BCUT2D eigenvalue weighted by molar-refractivity contribution is -0.122. The van der Waals surface area contributed by atoms with Crippen molar-refractivity contribution in [2.45, 2.75) is 64.0 Å². The third kappa shape index (κ3) is 5.50. The first-order chi connectivity index (χ1) is 8.06. The smallest absolute Gasteiger partial charge is 0.234 e. The summed E-state index contributed by atoms with van der Waals surface area (Å²) in [5, 5.41) is 16.2. The maximum atomic E-state index is 11.6. The van der Waals surface area contributed by atoms with Crippen molar-refractivity contribution >= 4 is 5.91 Å². The fourth-order valence-electron chi connectivity index (χ4n) is 2.12. The van der Waals surface area contributed by atoms with Gasteiger partial charge in [0.1, 0.15) is 0 Å². The molecule has 1 unspecified atom stereocenters. The molecule has 100 valence electrons. The van der Waals surface area contributed by atoms with E-state index in [4.69, 9.17) is 0 Å². The molecule has 1 aliphatic carbocycles. The summed E-state index contributed by atoms with van der Waals surface area (Å²) >= 11 is 0. The lowest BCUT2D eigenvalue weighted by Gasteiger charge is -2.32. The van der Waals surface area contributed by atoms with Gasteiger partial charge in [0, 0.05) is 12.6 Å². The largest absolute Gasteiger partial charge is 0.388 e. The maximum Gasteiger partial charge on any atom is 0.234 e. The van der Waals surface area contributed by atoms with Gasteiger partial charge >= 0.3 is 0 Å². The van der Waals surface area contributed by atoms with Crippen LogP contribution in [0.15, 0.2) is 0 Å². The SMILES string of the molecule is CCC(C)NCC(=O)NCC1(O)CCCCC1. The molecule has 0 heterocycles. The number of hydrogen-bond donors (Lipinski definition) is 3. The van der Waals surface area contributed by atoms with E-state index in [2.05, 4.69) is 24.5 Å². The lowest BCUT2D eigenvalue weighted by Crippen LogP contribution is -2.47. The van der Waals surface area contributed by atoms with Crippen molar-refractivity contribution in [3.05, 3.63) is 0 Å². The second-order valence-electron chi connectivity index (χ2n) is 5.25. The van der Waals surface area contributed by atoms with Gasteiger partial charge in [-0.05, 0) is 26.2 Å². The molecule has 0 saturated heterocycles. The number of carbonyl (C=O) groups is 1. The van der Waals surface area contributed by atoms with Crippen LogP contribution in [0.5, 0.6) is 0 Å². The Bertz CT molecular complexity index is 238. The molecule has 0 radical (unpaired) electrons. The molecule has 0 aromatic carbocycles. The lowest BCUT2D eigenvalue weighted by atomic mass is 9.85. The zero-order chi connectivity index (χ0) is 12.7. The van der Waals surface area contributed by atoms with Gasteiger partial charge in [-0.15, -0.1) is 0 Å². The predicted octanol–water partition coefficient (Wildman–Crippen LogP) is 1.19.